The molecule has 0 aliphatic carbocycles. The first-order valence-electron chi connectivity index (χ1n) is 4.56. The summed E-state index contributed by atoms with van der Waals surface area (Å²) >= 11 is 0. The fourth-order valence-corrected chi connectivity index (χ4v) is 1.41. The van der Waals surface area contributed by atoms with Gasteiger partial charge in [-0.3, -0.25) is 4.90 Å². The van der Waals surface area contributed by atoms with Crippen molar-refractivity contribution in [2.24, 2.45) is 0 Å². The zero-order chi connectivity index (χ0) is 8.81. The Bertz CT molecular complexity index is 180. The minimum atomic E-state index is 0.367. The summed E-state index contributed by atoms with van der Waals surface area (Å²) in [4.78, 5) is 2.36. The van der Waals surface area contributed by atoms with E-state index in [-0.39, 0.29) is 0 Å². The normalized spacial score (nSPS) is 25.7. The van der Waals surface area contributed by atoms with Gasteiger partial charge in [-0.25, -0.2) is 0 Å². The average molecular weight is 167 g/mol. The van der Waals surface area contributed by atoms with Gasteiger partial charge in [0.15, 0.2) is 0 Å². The largest absolute Gasteiger partial charge is 0.377 e. The molecule has 0 aromatic heterocycles. The summed E-state index contributed by atoms with van der Waals surface area (Å²) in [6.45, 7) is 7.95. The summed E-state index contributed by atoms with van der Waals surface area (Å²) in [6.07, 6.45) is 1.50. The molecule has 0 saturated carbocycles. The maximum absolute atomic E-state index is 5.52. The number of ether oxygens (including phenoxy) is 1. The molecule has 0 aromatic carbocycles. The van der Waals surface area contributed by atoms with Gasteiger partial charge in [0.25, 0.3) is 0 Å². The molecule has 0 radical (unpaired) electrons. The van der Waals surface area contributed by atoms with E-state index in [4.69, 9.17) is 4.74 Å². The molecule has 1 aliphatic heterocycles. The lowest BCUT2D eigenvalue weighted by Gasteiger charge is -2.18. The Morgan fingerprint density at radius 1 is 1.58 bits per heavy atom. The zero-order valence-corrected chi connectivity index (χ0v) is 7.97. The number of hydrogen-bond acceptors (Lipinski definition) is 2. The molecule has 0 N–H and O–H groups in total. The first-order chi connectivity index (χ1) is 5.83. The lowest BCUT2D eigenvalue weighted by Crippen LogP contribution is -2.30. The van der Waals surface area contributed by atoms with Gasteiger partial charge in [0.1, 0.15) is 0 Å². The third kappa shape index (κ3) is 3.25. The standard InChI is InChI=1S/C10H17NO/c1-3-4-6-11-7-5-8-12-10(2)9-11/h10H,5-9H2,1-2H3. The summed E-state index contributed by atoms with van der Waals surface area (Å²) in [6, 6.07) is 0. The molecule has 12 heavy (non-hydrogen) atoms. The Balaban J connectivity index is 2.34. The maximum atomic E-state index is 5.52. The summed E-state index contributed by atoms with van der Waals surface area (Å²) in [5.74, 6) is 6.00. The third-order valence-electron chi connectivity index (χ3n) is 2.02. The van der Waals surface area contributed by atoms with Gasteiger partial charge in [0.05, 0.1) is 12.6 Å². The Morgan fingerprint density at radius 2 is 2.42 bits per heavy atom. The predicted octanol–water partition coefficient (Wildman–Crippen LogP) is 1.12. The lowest BCUT2D eigenvalue weighted by molar-refractivity contribution is 0.0695. The van der Waals surface area contributed by atoms with Gasteiger partial charge in [-0.1, -0.05) is 5.92 Å². The van der Waals surface area contributed by atoms with Gasteiger partial charge < -0.3 is 4.74 Å². The minimum Gasteiger partial charge on any atom is -0.377 e. The van der Waals surface area contributed by atoms with Crippen molar-refractivity contribution in [1.82, 2.24) is 4.90 Å². The highest BCUT2D eigenvalue weighted by Gasteiger charge is 2.13. The molecule has 0 bridgehead atoms. The highest BCUT2D eigenvalue weighted by atomic mass is 16.5. The number of rotatable bonds is 1. The second-order valence-corrected chi connectivity index (χ2v) is 3.20. The Hall–Kier alpha value is -0.520. The molecule has 2 nitrogen and oxygen atoms in total. The quantitative estimate of drug-likeness (QED) is 0.543. The third-order valence-corrected chi connectivity index (χ3v) is 2.02. The topological polar surface area (TPSA) is 12.5 Å². The van der Waals surface area contributed by atoms with Gasteiger partial charge in [-0.2, -0.15) is 0 Å². The molecular weight excluding hydrogens is 150 g/mol. The Labute approximate surface area is 74.9 Å². The molecule has 2 heteroatoms. The van der Waals surface area contributed by atoms with Crippen molar-refractivity contribution < 1.29 is 4.74 Å². The van der Waals surface area contributed by atoms with Crippen LogP contribution >= 0.6 is 0 Å². The molecular formula is C10H17NO. The number of nitrogens with zero attached hydrogens (tertiary/aromatic N) is 1. The molecule has 1 aliphatic rings. The molecule has 0 aromatic rings. The highest BCUT2D eigenvalue weighted by molar-refractivity contribution is 4.98. The Morgan fingerprint density at radius 3 is 3.17 bits per heavy atom. The van der Waals surface area contributed by atoms with Crippen LogP contribution in [-0.2, 0) is 4.74 Å². The molecule has 1 unspecified atom stereocenters. The molecule has 1 heterocycles. The first kappa shape index (κ1) is 9.57. The van der Waals surface area contributed by atoms with E-state index < -0.39 is 0 Å². The van der Waals surface area contributed by atoms with Crippen molar-refractivity contribution in [3.63, 3.8) is 0 Å². The lowest BCUT2D eigenvalue weighted by atomic mass is 10.3. The molecule has 1 saturated heterocycles. The van der Waals surface area contributed by atoms with E-state index in [9.17, 15) is 0 Å². The number of hydrogen-bond donors (Lipinski definition) is 0. The van der Waals surface area contributed by atoms with E-state index >= 15 is 0 Å². The zero-order valence-electron chi connectivity index (χ0n) is 7.97. The second-order valence-electron chi connectivity index (χ2n) is 3.20. The van der Waals surface area contributed by atoms with Crippen LogP contribution in [0.4, 0.5) is 0 Å². The Kier molecular flexibility index (Phi) is 4.13. The molecule has 68 valence electrons. The SMILES string of the molecule is CC#CCN1CCCOC(C)C1. The highest BCUT2D eigenvalue weighted by Crippen LogP contribution is 2.03. The van der Waals surface area contributed by atoms with Crippen LogP contribution in [0.3, 0.4) is 0 Å². The van der Waals surface area contributed by atoms with Crippen molar-refractivity contribution in [2.45, 2.75) is 26.4 Å². The van der Waals surface area contributed by atoms with E-state index in [1.54, 1.807) is 0 Å². The van der Waals surface area contributed by atoms with Crippen molar-refractivity contribution in [3.8, 4) is 11.8 Å². The fraction of sp³-hybridized carbons (Fsp3) is 0.800. The van der Waals surface area contributed by atoms with Gasteiger partial charge in [-0.15, -0.1) is 5.92 Å². The molecule has 1 fully saturated rings. The molecule has 1 atom stereocenters. The van der Waals surface area contributed by atoms with E-state index in [1.807, 2.05) is 6.92 Å². The fourth-order valence-electron chi connectivity index (χ4n) is 1.41. The molecule has 0 amide bonds. The van der Waals surface area contributed by atoms with Gasteiger partial charge >= 0.3 is 0 Å². The van der Waals surface area contributed by atoms with E-state index in [0.717, 1.165) is 32.7 Å². The van der Waals surface area contributed by atoms with Gasteiger partial charge in [-0.05, 0) is 20.3 Å². The smallest absolute Gasteiger partial charge is 0.0674 e. The van der Waals surface area contributed by atoms with E-state index in [2.05, 4.69) is 23.7 Å². The van der Waals surface area contributed by atoms with Crippen LogP contribution < -0.4 is 0 Å². The van der Waals surface area contributed by atoms with Crippen molar-refractivity contribution in [1.29, 1.82) is 0 Å². The van der Waals surface area contributed by atoms with Crippen LogP contribution in [0.5, 0.6) is 0 Å². The van der Waals surface area contributed by atoms with Gasteiger partial charge in [0, 0.05) is 19.7 Å². The minimum absolute atomic E-state index is 0.367. The monoisotopic (exact) mass is 167 g/mol. The molecule has 0 spiro atoms. The van der Waals surface area contributed by atoms with Gasteiger partial charge in [0.2, 0.25) is 0 Å². The first-order valence-corrected chi connectivity index (χ1v) is 4.56. The summed E-state index contributed by atoms with van der Waals surface area (Å²) < 4.78 is 5.52. The van der Waals surface area contributed by atoms with Crippen LogP contribution in [0.1, 0.15) is 20.3 Å². The van der Waals surface area contributed by atoms with Crippen LogP contribution in [0.15, 0.2) is 0 Å². The predicted molar refractivity (Wildman–Crippen MR) is 49.9 cm³/mol. The van der Waals surface area contributed by atoms with E-state index in [0.29, 0.717) is 6.10 Å². The van der Waals surface area contributed by atoms with E-state index in [1.165, 1.54) is 0 Å². The van der Waals surface area contributed by atoms with Crippen LogP contribution in [-0.4, -0.2) is 37.2 Å². The summed E-state index contributed by atoms with van der Waals surface area (Å²) in [5.41, 5.74) is 0. The molecule has 1 rings (SSSR count). The van der Waals surface area contributed by atoms with Crippen LogP contribution in [0, 0.1) is 11.8 Å². The van der Waals surface area contributed by atoms with Crippen LogP contribution in [0.25, 0.3) is 0 Å². The average Bonchev–Trinajstić information content (AvgIpc) is 2.26. The van der Waals surface area contributed by atoms with Crippen molar-refractivity contribution in [2.75, 3.05) is 26.2 Å². The van der Waals surface area contributed by atoms with Crippen LogP contribution in [0.2, 0.25) is 0 Å². The van der Waals surface area contributed by atoms with Crippen molar-refractivity contribution >= 4 is 0 Å². The van der Waals surface area contributed by atoms with Crippen molar-refractivity contribution in [3.05, 3.63) is 0 Å². The summed E-state index contributed by atoms with van der Waals surface area (Å²) in [5, 5.41) is 0. The maximum Gasteiger partial charge on any atom is 0.0674 e. The second kappa shape index (κ2) is 5.18. The summed E-state index contributed by atoms with van der Waals surface area (Å²) in [7, 11) is 0.